The van der Waals surface area contributed by atoms with Crippen LogP contribution in [0, 0.1) is 5.82 Å². The Balaban J connectivity index is 2.33. The van der Waals surface area contributed by atoms with Gasteiger partial charge in [0.15, 0.2) is 0 Å². The van der Waals surface area contributed by atoms with Gasteiger partial charge in [0, 0.05) is 0 Å². The number of allylic oxidation sites excluding steroid dienone is 1. The normalized spacial score (nSPS) is 11.0. The molecule has 14 heavy (non-hydrogen) atoms. The van der Waals surface area contributed by atoms with E-state index in [1.165, 1.54) is 12.1 Å². The highest BCUT2D eigenvalue weighted by molar-refractivity contribution is 5.48. The number of unbranched alkanes of at least 4 members (excludes halogenated alkanes) is 2. The first-order chi connectivity index (χ1) is 6.83. The number of hydrogen-bond donors (Lipinski definition) is 1. The Morgan fingerprint density at radius 2 is 1.86 bits per heavy atom. The van der Waals surface area contributed by atoms with E-state index in [1.54, 1.807) is 12.1 Å². The highest BCUT2D eigenvalue weighted by atomic mass is 19.1. The summed E-state index contributed by atoms with van der Waals surface area (Å²) >= 11 is 0. The highest BCUT2D eigenvalue weighted by Crippen LogP contribution is 2.06. The quantitative estimate of drug-likeness (QED) is 0.715. The molecule has 1 nitrogen and oxygen atoms in total. The first kappa shape index (κ1) is 10.9. The number of halogens is 1. The molecule has 0 amide bonds. The predicted octanol–water partition coefficient (Wildman–Crippen LogP) is 2.97. The third-order valence-corrected chi connectivity index (χ3v) is 2.01. The standard InChI is InChI=1S/C12H16FN/c13-12-8-6-11(7-9-12)5-3-1-2-4-10-14/h3,5-9H,1-2,4,10,14H2/b5-3+. The van der Waals surface area contributed by atoms with Crippen molar-refractivity contribution in [3.8, 4) is 0 Å². The molecule has 1 aromatic rings. The van der Waals surface area contributed by atoms with Crippen molar-refractivity contribution in [2.24, 2.45) is 5.73 Å². The lowest BCUT2D eigenvalue weighted by molar-refractivity contribution is 0.628. The van der Waals surface area contributed by atoms with Crippen LogP contribution in [-0.2, 0) is 0 Å². The molecule has 0 bridgehead atoms. The molecule has 0 aromatic heterocycles. The van der Waals surface area contributed by atoms with Crippen LogP contribution in [0.3, 0.4) is 0 Å². The van der Waals surface area contributed by atoms with Crippen molar-refractivity contribution in [1.29, 1.82) is 0 Å². The zero-order chi connectivity index (χ0) is 10.2. The fraction of sp³-hybridized carbons (Fsp3) is 0.333. The van der Waals surface area contributed by atoms with Gasteiger partial charge >= 0.3 is 0 Å². The maximum absolute atomic E-state index is 12.5. The summed E-state index contributed by atoms with van der Waals surface area (Å²) in [5.41, 5.74) is 6.41. The minimum atomic E-state index is -0.190. The van der Waals surface area contributed by atoms with Crippen molar-refractivity contribution in [1.82, 2.24) is 0 Å². The van der Waals surface area contributed by atoms with E-state index in [0.717, 1.165) is 31.4 Å². The molecule has 0 atom stereocenters. The molecule has 2 heteroatoms. The maximum Gasteiger partial charge on any atom is 0.123 e. The van der Waals surface area contributed by atoms with Crippen molar-refractivity contribution in [3.63, 3.8) is 0 Å². The average molecular weight is 193 g/mol. The zero-order valence-corrected chi connectivity index (χ0v) is 8.25. The number of rotatable bonds is 5. The maximum atomic E-state index is 12.5. The summed E-state index contributed by atoms with van der Waals surface area (Å²) in [6, 6.07) is 6.49. The molecular formula is C12H16FN. The third kappa shape index (κ3) is 4.19. The molecule has 0 spiro atoms. The topological polar surface area (TPSA) is 26.0 Å². The van der Waals surface area contributed by atoms with Crippen LogP contribution in [0.1, 0.15) is 24.8 Å². The second kappa shape index (κ2) is 6.33. The van der Waals surface area contributed by atoms with Gasteiger partial charge in [-0.2, -0.15) is 0 Å². The number of nitrogens with two attached hydrogens (primary N) is 1. The summed E-state index contributed by atoms with van der Waals surface area (Å²) in [6.45, 7) is 0.754. The molecule has 0 heterocycles. The van der Waals surface area contributed by atoms with Gasteiger partial charge in [-0.15, -0.1) is 0 Å². The Morgan fingerprint density at radius 1 is 1.14 bits per heavy atom. The summed E-state index contributed by atoms with van der Waals surface area (Å²) in [5.74, 6) is -0.190. The van der Waals surface area contributed by atoms with Crippen LogP contribution >= 0.6 is 0 Å². The molecule has 0 aliphatic carbocycles. The molecule has 1 aromatic carbocycles. The zero-order valence-electron chi connectivity index (χ0n) is 8.25. The molecule has 0 saturated carbocycles. The lowest BCUT2D eigenvalue weighted by Crippen LogP contribution is -1.96. The Hall–Kier alpha value is -1.15. The third-order valence-electron chi connectivity index (χ3n) is 2.01. The Kier molecular flexibility index (Phi) is 4.94. The minimum Gasteiger partial charge on any atom is -0.330 e. The summed E-state index contributed by atoms with van der Waals surface area (Å²) in [7, 11) is 0. The predicted molar refractivity (Wildman–Crippen MR) is 58.3 cm³/mol. The van der Waals surface area contributed by atoms with Crippen LogP contribution in [0.4, 0.5) is 4.39 Å². The van der Waals surface area contributed by atoms with E-state index >= 15 is 0 Å². The number of benzene rings is 1. The largest absolute Gasteiger partial charge is 0.330 e. The van der Waals surface area contributed by atoms with Crippen molar-refractivity contribution >= 4 is 6.08 Å². The van der Waals surface area contributed by atoms with E-state index in [1.807, 2.05) is 6.08 Å². The molecule has 0 radical (unpaired) electrons. The van der Waals surface area contributed by atoms with Gasteiger partial charge in [-0.25, -0.2) is 4.39 Å². The number of hydrogen-bond acceptors (Lipinski definition) is 1. The van der Waals surface area contributed by atoms with E-state index in [2.05, 4.69) is 6.08 Å². The first-order valence-electron chi connectivity index (χ1n) is 4.95. The van der Waals surface area contributed by atoms with Crippen LogP contribution in [-0.4, -0.2) is 6.54 Å². The molecule has 0 aliphatic rings. The van der Waals surface area contributed by atoms with Gasteiger partial charge in [-0.3, -0.25) is 0 Å². The summed E-state index contributed by atoms with van der Waals surface area (Å²) in [5, 5.41) is 0. The average Bonchev–Trinajstić information content (AvgIpc) is 2.21. The fourth-order valence-corrected chi connectivity index (χ4v) is 1.20. The molecule has 0 aliphatic heterocycles. The van der Waals surface area contributed by atoms with E-state index in [9.17, 15) is 4.39 Å². The van der Waals surface area contributed by atoms with Gasteiger partial charge in [0.25, 0.3) is 0 Å². The van der Waals surface area contributed by atoms with Crippen LogP contribution in [0.15, 0.2) is 30.3 Å². The second-order valence-electron chi connectivity index (χ2n) is 3.24. The van der Waals surface area contributed by atoms with E-state index < -0.39 is 0 Å². The fourth-order valence-electron chi connectivity index (χ4n) is 1.20. The van der Waals surface area contributed by atoms with E-state index in [0.29, 0.717) is 0 Å². The molecule has 76 valence electrons. The molecular weight excluding hydrogens is 177 g/mol. The molecule has 0 fully saturated rings. The first-order valence-corrected chi connectivity index (χ1v) is 4.95. The van der Waals surface area contributed by atoms with Gasteiger partial charge in [0.1, 0.15) is 5.82 Å². The second-order valence-corrected chi connectivity index (χ2v) is 3.24. The van der Waals surface area contributed by atoms with Gasteiger partial charge in [-0.05, 0) is 43.5 Å². The Bertz CT molecular complexity index is 277. The van der Waals surface area contributed by atoms with Gasteiger partial charge < -0.3 is 5.73 Å². The highest BCUT2D eigenvalue weighted by Gasteiger charge is 1.88. The lowest BCUT2D eigenvalue weighted by Gasteiger charge is -1.94. The van der Waals surface area contributed by atoms with E-state index in [4.69, 9.17) is 5.73 Å². The smallest absolute Gasteiger partial charge is 0.123 e. The van der Waals surface area contributed by atoms with Gasteiger partial charge in [-0.1, -0.05) is 24.3 Å². The van der Waals surface area contributed by atoms with Gasteiger partial charge in [0.05, 0.1) is 0 Å². The van der Waals surface area contributed by atoms with Gasteiger partial charge in [0.2, 0.25) is 0 Å². The van der Waals surface area contributed by atoms with Crippen LogP contribution in [0.5, 0.6) is 0 Å². The minimum absolute atomic E-state index is 0.190. The van der Waals surface area contributed by atoms with Crippen LogP contribution in [0.25, 0.3) is 6.08 Å². The van der Waals surface area contributed by atoms with Crippen molar-refractivity contribution in [3.05, 3.63) is 41.7 Å². The van der Waals surface area contributed by atoms with Crippen molar-refractivity contribution in [2.75, 3.05) is 6.54 Å². The van der Waals surface area contributed by atoms with E-state index in [-0.39, 0.29) is 5.82 Å². The Morgan fingerprint density at radius 3 is 2.50 bits per heavy atom. The Labute approximate surface area is 84.4 Å². The lowest BCUT2D eigenvalue weighted by atomic mass is 10.1. The SMILES string of the molecule is NCCCC/C=C/c1ccc(F)cc1. The summed E-state index contributed by atoms with van der Waals surface area (Å²) < 4.78 is 12.5. The molecule has 2 N–H and O–H groups in total. The molecule has 0 saturated heterocycles. The van der Waals surface area contributed by atoms with Crippen LogP contribution in [0.2, 0.25) is 0 Å². The summed E-state index contributed by atoms with van der Waals surface area (Å²) in [6.07, 6.45) is 7.33. The van der Waals surface area contributed by atoms with Crippen molar-refractivity contribution < 1.29 is 4.39 Å². The monoisotopic (exact) mass is 193 g/mol. The summed E-state index contributed by atoms with van der Waals surface area (Å²) in [4.78, 5) is 0. The van der Waals surface area contributed by atoms with Crippen molar-refractivity contribution in [2.45, 2.75) is 19.3 Å². The molecule has 1 rings (SSSR count). The molecule has 0 unspecified atom stereocenters. The van der Waals surface area contributed by atoms with Crippen LogP contribution < -0.4 is 5.73 Å².